The number of piperidine rings is 1. The molecule has 1 aliphatic heterocycles. The number of ether oxygens (including phenoxy) is 1. The Labute approximate surface area is 120 Å². The first-order valence-corrected chi connectivity index (χ1v) is 6.79. The monoisotopic (exact) mass is 302 g/mol. The topological polar surface area (TPSA) is 50.4 Å². The molecule has 21 heavy (non-hydrogen) atoms. The number of alkyl halides is 2. The van der Waals surface area contributed by atoms with E-state index in [0.717, 1.165) is 44.1 Å². The fraction of sp³-hybridized carbons (Fsp3) is 0.500. The summed E-state index contributed by atoms with van der Waals surface area (Å²) in [6.45, 7) is -0.892. The molecule has 7 heteroatoms. The van der Waals surface area contributed by atoms with Gasteiger partial charge in [0.05, 0.1) is 5.56 Å². The Balaban J connectivity index is 2.00. The van der Waals surface area contributed by atoms with Gasteiger partial charge < -0.3 is 15.4 Å². The Hall–Kier alpha value is -1.76. The first-order chi connectivity index (χ1) is 10.1. The number of benzene rings is 1. The van der Waals surface area contributed by atoms with E-state index < -0.39 is 24.1 Å². The van der Waals surface area contributed by atoms with Crippen LogP contribution in [0.2, 0.25) is 0 Å². The maximum atomic E-state index is 13.1. The lowest BCUT2D eigenvalue weighted by atomic mass is 9.99. The van der Waals surface area contributed by atoms with Crippen LogP contribution in [-0.2, 0) is 0 Å². The Morgan fingerprint density at radius 2 is 2.29 bits per heavy atom. The van der Waals surface area contributed by atoms with Gasteiger partial charge in [-0.3, -0.25) is 4.79 Å². The van der Waals surface area contributed by atoms with Crippen molar-refractivity contribution in [1.29, 1.82) is 0 Å². The van der Waals surface area contributed by atoms with E-state index in [0.29, 0.717) is 12.5 Å². The van der Waals surface area contributed by atoms with E-state index in [1.807, 2.05) is 0 Å². The molecule has 1 amide bonds. The summed E-state index contributed by atoms with van der Waals surface area (Å²) in [6, 6.07) is 2.96. The number of hydrogen-bond donors (Lipinski definition) is 2. The van der Waals surface area contributed by atoms with Crippen LogP contribution in [0.3, 0.4) is 0 Å². The number of hydrogen-bond acceptors (Lipinski definition) is 3. The lowest BCUT2D eigenvalue weighted by molar-refractivity contribution is -0.0503. The van der Waals surface area contributed by atoms with Gasteiger partial charge in [0.25, 0.3) is 5.91 Å². The highest BCUT2D eigenvalue weighted by Gasteiger charge is 2.19. The number of nitrogens with one attached hydrogen (secondary N) is 2. The molecule has 1 heterocycles. The summed E-state index contributed by atoms with van der Waals surface area (Å²) in [6.07, 6.45) is 2.04. The van der Waals surface area contributed by atoms with Crippen molar-refractivity contribution in [3.8, 4) is 5.75 Å². The van der Waals surface area contributed by atoms with Crippen molar-refractivity contribution in [2.24, 2.45) is 5.92 Å². The minimum absolute atomic E-state index is 0.0968. The zero-order valence-corrected chi connectivity index (χ0v) is 11.4. The van der Waals surface area contributed by atoms with E-state index in [4.69, 9.17) is 0 Å². The zero-order valence-electron chi connectivity index (χ0n) is 11.4. The molecule has 1 unspecified atom stereocenters. The van der Waals surface area contributed by atoms with Crippen molar-refractivity contribution >= 4 is 5.91 Å². The van der Waals surface area contributed by atoms with Crippen LogP contribution in [0.1, 0.15) is 23.2 Å². The molecule has 116 valence electrons. The highest BCUT2D eigenvalue weighted by Crippen LogP contribution is 2.22. The van der Waals surface area contributed by atoms with Crippen LogP contribution in [0, 0.1) is 11.7 Å². The fourth-order valence-electron chi connectivity index (χ4n) is 2.31. The second kappa shape index (κ2) is 7.31. The van der Waals surface area contributed by atoms with Gasteiger partial charge in [-0.05, 0) is 44.0 Å². The number of carbonyl (C=O) groups excluding carboxylic acids is 1. The van der Waals surface area contributed by atoms with Gasteiger partial charge in [-0.2, -0.15) is 8.78 Å². The SMILES string of the molecule is O=C(NCC1CCCNC1)c1ccc(F)cc1OC(F)F. The summed E-state index contributed by atoms with van der Waals surface area (Å²) in [5.41, 5.74) is -0.0968. The predicted molar refractivity (Wildman–Crippen MR) is 71.0 cm³/mol. The van der Waals surface area contributed by atoms with Gasteiger partial charge in [-0.25, -0.2) is 4.39 Å². The average molecular weight is 302 g/mol. The Bertz CT molecular complexity index is 491. The van der Waals surface area contributed by atoms with Crippen LogP contribution in [0.5, 0.6) is 5.75 Å². The number of carbonyl (C=O) groups is 1. The number of halogens is 3. The average Bonchev–Trinajstić information content (AvgIpc) is 2.45. The van der Waals surface area contributed by atoms with Crippen LogP contribution in [0.4, 0.5) is 13.2 Å². The van der Waals surface area contributed by atoms with E-state index in [-0.39, 0.29) is 5.56 Å². The Morgan fingerprint density at radius 3 is 2.95 bits per heavy atom. The van der Waals surface area contributed by atoms with Crippen LogP contribution < -0.4 is 15.4 Å². The molecule has 0 spiro atoms. The van der Waals surface area contributed by atoms with Gasteiger partial charge in [-0.1, -0.05) is 0 Å². The van der Waals surface area contributed by atoms with Crippen molar-refractivity contribution in [1.82, 2.24) is 10.6 Å². The molecule has 1 saturated heterocycles. The summed E-state index contributed by atoms with van der Waals surface area (Å²) in [5, 5.41) is 5.89. The summed E-state index contributed by atoms with van der Waals surface area (Å²) in [5.74, 6) is -1.43. The predicted octanol–water partition coefficient (Wildman–Crippen LogP) is 2.16. The summed E-state index contributed by atoms with van der Waals surface area (Å²) in [4.78, 5) is 12.0. The maximum Gasteiger partial charge on any atom is 0.387 e. The number of rotatable bonds is 5. The molecule has 0 radical (unpaired) electrons. The van der Waals surface area contributed by atoms with Crippen molar-refractivity contribution in [2.75, 3.05) is 19.6 Å². The second-order valence-electron chi connectivity index (χ2n) is 4.94. The molecular weight excluding hydrogens is 285 g/mol. The minimum Gasteiger partial charge on any atom is -0.434 e. The van der Waals surface area contributed by atoms with Gasteiger partial charge in [0, 0.05) is 12.6 Å². The third kappa shape index (κ3) is 4.63. The van der Waals surface area contributed by atoms with Gasteiger partial charge >= 0.3 is 6.61 Å². The highest BCUT2D eigenvalue weighted by atomic mass is 19.3. The largest absolute Gasteiger partial charge is 0.434 e. The van der Waals surface area contributed by atoms with E-state index in [9.17, 15) is 18.0 Å². The number of amides is 1. The summed E-state index contributed by atoms with van der Waals surface area (Å²) >= 11 is 0. The smallest absolute Gasteiger partial charge is 0.387 e. The molecule has 0 aliphatic carbocycles. The standard InChI is InChI=1S/C14H17F3N2O2/c15-10-3-4-11(12(6-10)21-14(16)17)13(20)19-8-9-2-1-5-18-7-9/h3-4,6,9,14,18H,1-2,5,7-8H2,(H,19,20). The summed E-state index contributed by atoms with van der Waals surface area (Å²) < 4.78 is 41.8. The van der Waals surface area contributed by atoms with E-state index in [1.165, 1.54) is 0 Å². The lowest BCUT2D eigenvalue weighted by Crippen LogP contribution is -2.38. The normalized spacial score (nSPS) is 18.6. The van der Waals surface area contributed by atoms with Crippen molar-refractivity contribution in [3.63, 3.8) is 0 Å². The lowest BCUT2D eigenvalue weighted by Gasteiger charge is -2.23. The second-order valence-corrected chi connectivity index (χ2v) is 4.94. The molecule has 0 bridgehead atoms. The molecule has 0 saturated carbocycles. The Morgan fingerprint density at radius 1 is 1.48 bits per heavy atom. The minimum atomic E-state index is -3.11. The van der Waals surface area contributed by atoms with Gasteiger partial charge in [0.2, 0.25) is 0 Å². The molecule has 2 N–H and O–H groups in total. The van der Waals surface area contributed by atoms with Crippen LogP contribution in [0.15, 0.2) is 18.2 Å². The maximum absolute atomic E-state index is 13.1. The molecule has 0 aromatic heterocycles. The van der Waals surface area contributed by atoms with Crippen LogP contribution in [0.25, 0.3) is 0 Å². The molecule has 1 aromatic carbocycles. The van der Waals surface area contributed by atoms with E-state index in [1.54, 1.807) is 0 Å². The van der Waals surface area contributed by atoms with Gasteiger partial charge in [0.1, 0.15) is 11.6 Å². The van der Waals surface area contributed by atoms with Crippen LogP contribution in [-0.4, -0.2) is 32.2 Å². The molecule has 1 fully saturated rings. The zero-order chi connectivity index (χ0) is 15.2. The molecule has 2 rings (SSSR count). The molecule has 1 aliphatic rings. The van der Waals surface area contributed by atoms with Crippen molar-refractivity contribution in [2.45, 2.75) is 19.5 Å². The first-order valence-electron chi connectivity index (χ1n) is 6.79. The molecule has 1 aromatic rings. The molecule has 1 atom stereocenters. The van der Waals surface area contributed by atoms with Crippen molar-refractivity contribution in [3.05, 3.63) is 29.6 Å². The van der Waals surface area contributed by atoms with Crippen LogP contribution >= 0.6 is 0 Å². The Kier molecular flexibility index (Phi) is 5.44. The summed E-state index contributed by atoms with van der Waals surface area (Å²) in [7, 11) is 0. The van der Waals surface area contributed by atoms with Gasteiger partial charge in [0.15, 0.2) is 0 Å². The quantitative estimate of drug-likeness (QED) is 0.876. The third-order valence-corrected chi connectivity index (χ3v) is 3.35. The van der Waals surface area contributed by atoms with E-state index >= 15 is 0 Å². The molecular formula is C14H17F3N2O2. The van der Waals surface area contributed by atoms with Crippen molar-refractivity contribution < 1.29 is 22.7 Å². The van der Waals surface area contributed by atoms with Gasteiger partial charge in [-0.15, -0.1) is 0 Å². The van der Waals surface area contributed by atoms with E-state index in [2.05, 4.69) is 15.4 Å². The highest BCUT2D eigenvalue weighted by molar-refractivity contribution is 5.96. The fourth-order valence-corrected chi connectivity index (χ4v) is 2.31. The third-order valence-electron chi connectivity index (χ3n) is 3.35. The first kappa shape index (κ1) is 15.6. The molecule has 4 nitrogen and oxygen atoms in total.